The van der Waals surface area contributed by atoms with Gasteiger partial charge in [-0.1, -0.05) is 24.0 Å². The van der Waals surface area contributed by atoms with Crippen LogP contribution in [0.5, 0.6) is 5.75 Å². The lowest BCUT2D eigenvalue weighted by atomic mass is 10.0. The number of carbonyl (C=O) groups excluding carboxylic acids is 1. The number of aromatic nitrogens is 2. The van der Waals surface area contributed by atoms with Crippen molar-refractivity contribution in [2.75, 3.05) is 25.5 Å². The van der Waals surface area contributed by atoms with E-state index >= 15 is 0 Å². The summed E-state index contributed by atoms with van der Waals surface area (Å²) in [7, 11) is 1.65. The molecule has 2 aromatic heterocycles. The maximum Gasteiger partial charge on any atom is 0.255 e. The normalized spacial score (nSPS) is 17.0. The van der Waals surface area contributed by atoms with E-state index < -0.39 is 0 Å². The molecule has 0 saturated carbocycles. The highest BCUT2D eigenvalue weighted by molar-refractivity contribution is 6.06. The van der Waals surface area contributed by atoms with Crippen LogP contribution < -0.4 is 20.7 Å². The van der Waals surface area contributed by atoms with Crippen molar-refractivity contribution < 1.29 is 9.53 Å². The summed E-state index contributed by atoms with van der Waals surface area (Å²) < 4.78 is 5.65. The van der Waals surface area contributed by atoms with Crippen molar-refractivity contribution in [3.05, 3.63) is 59.0 Å². The molecule has 5 rings (SSSR count). The minimum absolute atomic E-state index is 0.0929. The number of hydrogen-bond donors (Lipinski definition) is 4. The molecular weight excluding hydrogens is 414 g/mol. The Kier molecular flexibility index (Phi) is 5.76. The van der Waals surface area contributed by atoms with Crippen molar-refractivity contribution in [3.63, 3.8) is 0 Å². The van der Waals surface area contributed by atoms with Crippen LogP contribution in [-0.4, -0.2) is 42.1 Å². The quantitative estimate of drug-likeness (QED) is 0.465. The number of aromatic amines is 1. The maximum atomic E-state index is 12.9. The summed E-state index contributed by atoms with van der Waals surface area (Å²) in [5.41, 5.74) is 6.64. The van der Waals surface area contributed by atoms with Crippen molar-refractivity contribution in [1.29, 1.82) is 0 Å². The fraction of sp³-hybridized carbons (Fsp3) is 0.308. The highest BCUT2D eigenvalue weighted by atomic mass is 16.5. The molecule has 1 aromatic carbocycles. The Bertz CT molecular complexity index is 1260. The number of methoxy groups -OCH3 is 1. The molecule has 0 aliphatic carbocycles. The lowest BCUT2D eigenvalue weighted by molar-refractivity contribution is 0.0947. The Balaban J connectivity index is 1.64. The topological polar surface area (TPSA) is 91.1 Å². The zero-order valence-electron chi connectivity index (χ0n) is 18.8. The van der Waals surface area contributed by atoms with Gasteiger partial charge in [0, 0.05) is 36.6 Å². The second-order valence-electron chi connectivity index (χ2n) is 8.35. The molecule has 3 aromatic rings. The summed E-state index contributed by atoms with van der Waals surface area (Å²) in [6.45, 7) is 3.61. The van der Waals surface area contributed by atoms with E-state index in [0.29, 0.717) is 12.1 Å². The second kappa shape index (κ2) is 9.00. The molecule has 1 amide bonds. The largest absolute Gasteiger partial charge is 0.494 e. The van der Waals surface area contributed by atoms with Gasteiger partial charge in [-0.2, -0.15) is 0 Å². The molecule has 7 nitrogen and oxygen atoms in total. The summed E-state index contributed by atoms with van der Waals surface area (Å²) in [5.74, 6) is 7.31. The number of anilines is 2. The van der Waals surface area contributed by atoms with Gasteiger partial charge in [-0.25, -0.2) is 0 Å². The highest BCUT2D eigenvalue weighted by Gasteiger charge is 2.28. The summed E-state index contributed by atoms with van der Waals surface area (Å²) in [4.78, 5) is 20.7. The lowest BCUT2D eigenvalue weighted by Crippen LogP contribution is -2.31. The van der Waals surface area contributed by atoms with E-state index in [4.69, 9.17) is 4.74 Å². The van der Waals surface area contributed by atoms with E-state index in [9.17, 15) is 4.79 Å². The second-order valence-corrected chi connectivity index (χ2v) is 8.35. The summed E-state index contributed by atoms with van der Waals surface area (Å²) in [6.07, 6.45) is 6.47. The van der Waals surface area contributed by atoms with Crippen LogP contribution in [0.1, 0.15) is 40.0 Å². The molecule has 7 heteroatoms. The monoisotopic (exact) mass is 441 g/mol. The van der Waals surface area contributed by atoms with Crippen LogP contribution in [0.25, 0.3) is 11.3 Å². The van der Waals surface area contributed by atoms with Gasteiger partial charge in [-0.15, -0.1) is 0 Å². The molecule has 0 bridgehead atoms. The highest BCUT2D eigenvalue weighted by Crippen LogP contribution is 2.40. The van der Waals surface area contributed by atoms with Crippen molar-refractivity contribution in [3.8, 4) is 28.8 Å². The first-order valence-electron chi connectivity index (χ1n) is 11.3. The number of rotatable bonds is 4. The number of hydrogen-bond acceptors (Lipinski definition) is 5. The van der Waals surface area contributed by atoms with Gasteiger partial charge in [0.25, 0.3) is 5.91 Å². The molecule has 0 unspecified atom stereocenters. The third-order valence-electron chi connectivity index (χ3n) is 6.17. The minimum atomic E-state index is -0.0929. The molecule has 2 aliphatic heterocycles. The molecule has 33 heavy (non-hydrogen) atoms. The Morgan fingerprint density at radius 1 is 1.24 bits per heavy atom. The molecule has 0 radical (unpaired) electrons. The predicted molar refractivity (Wildman–Crippen MR) is 129 cm³/mol. The minimum Gasteiger partial charge on any atom is -0.494 e. The molecule has 1 fully saturated rings. The zero-order chi connectivity index (χ0) is 22.8. The van der Waals surface area contributed by atoms with Crippen LogP contribution in [0.3, 0.4) is 0 Å². The van der Waals surface area contributed by atoms with Crippen molar-refractivity contribution in [2.24, 2.45) is 0 Å². The zero-order valence-corrected chi connectivity index (χ0v) is 18.8. The van der Waals surface area contributed by atoms with E-state index in [-0.39, 0.29) is 11.9 Å². The lowest BCUT2D eigenvalue weighted by Gasteiger charge is -2.17. The van der Waals surface area contributed by atoms with Crippen LogP contribution in [-0.2, 0) is 6.42 Å². The Hall–Kier alpha value is -3.76. The average molecular weight is 442 g/mol. The number of para-hydroxylation sites is 1. The molecule has 0 spiro atoms. The molecular formula is C26H27N5O2. The first-order valence-corrected chi connectivity index (χ1v) is 11.3. The molecule has 1 atom stereocenters. The third kappa shape index (κ3) is 4.06. The van der Waals surface area contributed by atoms with Crippen molar-refractivity contribution in [2.45, 2.75) is 32.2 Å². The molecule has 1 saturated heterocycles. The Morgan fingerprint density at radius 2 is 2.15 bits per heavy atom. The smallest absolute Gasteiger partial charge is 0.255 e. The standard InChI is InChI=1S/C26H27N5O2/c1-16-5-3-7-21(25(16)33-2)31-24-22-20(11-14-29-26(22)32)30-23(24)19-10-13-27-15-17(19)8-9-18-6-4-12-28-18/h3,5,7,10,13,15,18,28,30-31H,4,6,11-12,14H2,1-2H3,(H,29,32)/t18-/m1/s1. The molecule has 2 aliphatic rings. The van der Waals surface area contributed by atoms with Gasteiger partial charge >= 0.3 is 0 Å². The van der Waals surface area contributed by atoms with Gasteiger partial charge in [0.1, 0.15) is 5.75 Å². The van der Waals surface area contributed by atoms with Gasteiger partial charge < -0.3 is 25.7 Å². The Morgan fingerprint density at radius 3 is 2.97 bits per heavy atom. The summed E-state index contributed by atoms with van der Waals surface area (Å²) in [6, 6.07) is 8.07. The number of fused-ring (bicyclic) bond motifs is 1. The van der Waals surface area contributed by atoms with Crippen molar-refractivity contribution >= 4 is 17.3 Å². The van der Waals surface area contributed by atoms with E-state index in [1.54, 1.807) is 19.5 Å². The SMILES string of the molecule is COc1c(C)cccc1Nc1c(-c2ccncc2C#C[C@H]2CCCN2)[nH]c2c1C(=O)NCC2. The third-order valence-corrected chi connectivity index (χ3v) is 6.17. The first-order chi connectivity index (χ1) is 16.2. The molecule has 168 valence electrons. The maximum absolute atomic E-state index is 12.9. The predicted octanol–water partition coefficient (Wildman–Crippen LogP) is 3.53. The summed E-state index contributed by atoms with van der Waals surface area (Å²) in [5, 5.41) is 9.88. The van der Waals surface area contributed by atoms with Gasteiger partial charge in [0.2, 0.25) is 0 Å². The van der Waals surface area contributed by atoms with E-state index in [1.165, 1.54) is 0 Å². The average Bonchev–Trinajstić information content (AvgIpc) is 3.47. The number of pyridine rings is 1. The number of aryl methyl sites for hydroxylation is 1. The van der Waals surface area contributed by atoms with Gasteiger partial charge in [-0.05, 0) is 44.0 Å². The van der Waals surface area contributed by atoms with E-state index in [2.05, 4.69) is 37.8 Å². The number of amides is 1. The fourth-order valence-corrected chi connectivity index (χ4v) is 4.55. The summed E-state index contributed by atoms with van der Waals surface area (Å²) >= 11 is 0. The fourth-order valence-electron chi connectivity index (χ4n) is 4.55. The number of nitrogens with one attached hydrogen (secondary N) is 4. The molecule has 4 heterocycles. The van der Waals surface area contributed by atoms with E-state index in [0.717, 1.165) is 71.0 Å². The number of H-pyrrole nitrogens is 1. The van der Waals surface area contributed by atoms with Crippen LogP contribution in [0, 0.1) is 18.8 Å². The van der Waals surface area contributed by atoms with Gasteiger partial charge in [0.15, 0.2) is 0 Å². The van der Waals surface area contributed by atoms with Gasteiger partial charge in [-0.3, -0.25) is 9.78 Å². The number of nitrogens with zero attached hydrogens (tertiary/aromatic N) is 1. The number of ether oxygens (including phenoxy) is 1. The van der Waals surface area contributed by atoms with Crippen molar-refractivity contribution in [1.82, 2.24) is 20.6 Å². The van der Waals surface area contributed by atoms with Crippen LogP contribution in [0.15, 0.2) is 36.7 Å². The van der Waals surface area contributed by atoms with E-state index in [1.807, 2.05) is 31.2 Å². The number of carbonyl (C=O) groups is 1. The van der Waals surface area contributed by atoms with Crippen LogP contribution >= 0.6 is 0 Å². The number of benzene rings is 1. The van der Waals surface area contributed by atoms with Gasteiger partial charge in [0.05, 0.1) is 41.3 Å². The first kappa shape index (κ1) is 21.1. The Labute approximate surface area is 193 Å². The van der Waals surface area contributed by atoms with Crippen LogP contribution in [0.4, 0.5) is 11.4 Å². The van der Waals surface area contributed by atoms with Crippen LogP contribution in [0.2, 0.25) is 0 Å². The molecule has 4 N–H and O–H groups in total.